The molecule has 4 nitrogen and oxygen atoms in total. The number of hydrogen-bond acceptors (Lipinski definition) is 4. The quantitative estimate of drug-likeness (QED) is 0.173. The van der Waals surface area contributed by atoms with Crippen LogP contribution in [0.2, 0.25) is 0 Å². The van der Waals surface area contributed by atoms with Crippen LogP contribution in [0.3, 0.4) is 0 Å². The summed E-state index contributed by atoms with van der Waals surface area (Å²) in [5.74, 6) is 0. The van der Waals surface area contributed by atoms with Gasteiger partial charge in [-0.1, -0.05) is 107 Å². The van der Waals surface area contributed by atoms with Crippen LogP contribution >= 0.6 is 34.3 Å². The Hall–Kier alpha value is -1.06. The summed E-state index contributed by atoms with van der Waals surface area (Å²) in [7, 11) is -6.56. The molecule has 0 aliphatic carbocycles. The highest BCUT2D eigenvalue weighted by atomic mass is 35.6. The van der Waals surface area contributed by atoms with Crippen molar-refractivity contribution in [2.75, 3.05) is 44.4 Å². The first-order chi connectivity index (χ1) is 19.0. The lowest BCUT2D eigenvalue weighted by Crippen LogP contribution is -2.90. The average molecular weight is 668 g/mol. The minimum Gasteiger partial charge on any atom is -0.376 e. The molecule has 2 aliphatic rings. The zero-order chi connectivity index (χ0) is 31.7. The molecule has 2 aromatic carbocycles. The minimum absolute atomic E-state index is 0.00310. The molecule has 9 heteroatoms. The van der Waals surface area contributed by atoms with Gasteiger partial charge in [0.15, 0.2) is 0 Å². The molecular formula is C33H53Cl3N4Si2. The van der Waals surface area contributed by atoms with Gasteiger partial charge in [-0.3, -0.25) is 0 Å². The summed E-state index contributed by atoms with van der Waals surface area (Å²) in [4.78, 5) is 0. The minimum atomic E-state index is -3.31. The second-order valence-electron chi connectivity index (χ2n) is 17.2. The van der Waals surface area contributed by atoms with Gasteiger partial charge in [0.1, 0.15) is 4.46 Å². The molecule has 2 aromatic rings. The van der Waals surface area contributed by atoms with E-state index in [-0.39, 0.29) is 21.7 Å². The number of benzene rings is 2. The van der Waals surface area contributed by atoms with Crippen molar-refractivity contribution in [3.05, 3.63) is 48.5 Å². The maximum absolute atomic E-state index is 8.78. The maximum atomic E-state index is 8.78. The standard InChI is InChI=1S/C33H53Cl3N4Si2/c1-30(2,3)21-37-25-17-13-14-18-26(25)38(22-31(4,5)6)41(37,29(34)35)42(36)39(23-32(7,8)9)27-19-15-16-20-28(27)40(42)24-33(10,11)12/h13-20,29H,21-24H2,1-12H3. The van der Waals surface area contributed by atoms with Crippen LogP contribution in [0.5, 0.6) is 0 Å². The zero-order valence-electron chi connectivity index (χ0n) is 27.9. The number of anilines is 4. The number of alkyl halides is 2. The Morgan fingerprint density at radius 3 is 0.976 bits per heavy atom. The molecular weight excluding hydrogens is 615 g/mol. The number of hydrogen-bond donors (Lipinski definition) is 0. The monoisotopic (exact) mass is 666 g/mol. The van der Waals surface area contributed by atoms with Gasteiger partial charge in [-0.15, -0.1) is 34.3 Å². The smallest absolute Gasteiger partial charge is 0.376 e. The van der Waals surface area contributed by atoms with Crippen LogP contribution < -0.4 is 18.3 Å². The van der Waals surface area contributed by atoms with E-state index < -0.39 is 19.6 Å². The van der Waals surface area contributed by atoms with Crippen molar-refractivity contribution in [3.63, 3.8) is 0 Å². The van der Waals surface area contributed by atoms with E-state index >= 15 is 0 Å². The van der Waals surface area contributed by atoms with Gasteiger partial charge in [0, 0.05) is 26.2 Å². The van der Waals surface area contributed by atoms with Gasteiger partial charge in [0.2, 0.25) is 0 Å². The van der Waals surface area contributed by atoms with Crippen LogP contribution in [0.4, 0.5) is 22.7 Å². The van der Waals surface area contributed by atoms with Gasteiger partial charge < -0.3 is 18.3 Å². The molecule has 0 fully saturated rings. The summed E-state index contributed by atoms with van der Waals surface area (Å²) in [6, 6.07) is 17.7. The topological polar surface area (TPSA) is 13.0 Å². The van der Waals surface area contributed by atoms with Crippen molar-refractivity contribution in [1.29, 1.82) is 0 Å². The molecule has 0 N–H and O–H groups in total. The number of para-hydroxylation sites is 4. The molecule has 0 unspecified atom stereocenters. The third kappa shape index (κ3) is 6.09. The maximum Gasteiger partial charge on any atom is 0.398 e. The Kier molecular flexibility index (Phi) is 8.92. The fourth-order valence-corrected chi connectivity index (χ4v) is 30.9. The van der Waals surface area contributed by atoms with E-state index in [1.54, 1.807) is 0 Å². The Balaban J connectivity index is 2.17. The highest BCUT2D eigenvalue weighted by Crippen LogP contribution is 2.58. The Morgan fingerprint density at radius 2 is 0.738 bits per heavy atom. The van der Waals surface area contributed by atoms with Gasteiger partial charge in [-0.05, 0) is 45.9 Å². The first kappa shape index (κ1) is 33.8. The molecule has 234 valence electrons. The van der Waals surface area contributed by atoms with Gasteiger partial charge in [-0.2, -0.15) is 0 Å². The first-order valence-corrected chi connectivity index (χ1v) is 22.0. The van der Waals surface area contributed by atoms with Crippen LogP contribution in [0, 0.1) is 21.7 Å². The normalized spacial score (nSPS) is 18.7. The molecule has 2 heterocycles. The van der Waals surface area contributed by atoms with E-state index in [0.29, 0.717) is 0 Å². The van der Waals surface area contributed by atoms with Crippen LogP contribution in [-0.2, 0) is 0 Å². The number of rotatable bonds is 6. The first-order valence-electron chi connectivity index (χ1n) is 15.3. The average Bonchev–Trinajstić information content (AvgIpc) is 3.19. The van der Waals surface area contributed by atoms with Crippen molar-refractivity contribution in [2.24, 2.45) is 21.7 Å². The molecule has 2 aliphatic heterocycles. The molecule has 42 heavy (non-hydrogen) atoms. The Morgan fingerprint density at radius 1 is 0.500 bits per heavy atom. The lowest BCUT2D eigenvalue weighted by molar-refractivity contribution is 0.419. The largest absolute Gasteiger partial charge is 0.398 e. The summed E-state index contributed by atoms with van der Waals surface area (Å²) < 4.78 is 9.84. The van der Waals surface area contributed by atoms with E-state index in [0.717, 1.165) is 26.2 Å². The van der Waals surface area contributed by atoms with Crippen LogP contribution in [-0.4, -0.2) is 45.8 Å². The predicted octanol–water partition coefficient (Wildman–Crippen LogP) is 9.87. The molecule has 0 atom stereocenters. The molecule has 0 radical (unpaired) electrons. The van der Waals surface area contributed by atoms with Crippen molar-refractivity contribution < 1.29 is 0 Å². The summed E-state index contributed by atoms with van der Waals surface area (Å²) >= 11 is 24.0. The van der Waals surface area contributed by atoms with Gasteiger partial charge in [0.25, 0.3) is 0 Å². The zero-order valence-corrected chi connectivity index (χ0v) is 32.2. The fraction of sp³-hybridized carbons (Fsp3) is 0.636. The van der Waals surface area contributed by atoms with E-state index in [1.165, 1.54) is 22.7 Å². The van der Waals surface area contributed by atoms with Crippen LogP contribution in [0.15, 0.2) is 48.5 Å². The Labute approximate surface area is 273 Å². The molecule has 0 saturated carbocycles. The van der Waals surface area contributed by atoms with E-state index in [4.69, 9.17) is 34.3 Å². The number of fused-ring (bicyclic) bond motifs is 2. The van der Waals surface area contributed by atoms with Crippen molar-refractivity contribution >= 4 is 72.2 Å². The molecule has 0 aromatic heterocycles. The van der Waals surface area contributed by atoms with Crippen molar-refractivity contribution in [3.8, 4) is 0 Å². The highest BCUT2D eigenvalue weighted by Gasteiger charge is 2.79. The molecule has 0 saturated heterocycles. The SMILES string of the molecule is CC(C)(C)CN1c2ccccc2N(CC(C)(C)C)[Si]1(Cl)[Si]1(C(Cl)Cl)N(CC(C)(C)C)c2ccccc2N1CC(C)(C)C. The summed E-state index contributed by atoms with van der Waals surface area (Å²) in [6.45, 7) is 31.0. The van der Waals surface area contributed by atoms with Crippen LogP contribution in [0.25, 0.3) is 0 Å². The Bertz CT molecular complexity index is 1190. The fourth-order valence-electron chi connectivity index (χ4n) is 6.62. The van der Waals surface area contributed by atoms with Gasteiger partial charge in [0.05, 0.1) is 22.7 Å². The van der Waals surface area contributed by atoms with Gasteiger partial charge >= 0.3 is 15.1 Å². The number of halogens is 3. The van der Waals surface area contributed by atoms with Gasteiger partial charge in [-0.25, -0.2) is 0 Å². The van der Waals surface area contributed by atoms with Crippen molar-refractivity contribution in [2.45, 2.75) is 87.5 Å². The molecule has 0 amide bonds. The van der Waals surface area contributed by atoms with E-state index in [1.807, 2.05) is 0 Å². The second-order valence-corrected chi connectivity index (χ2v) is 31.2. The lowest BCUT2D eigenvalue weighted by Gasteiger charge is -2.57. The third-order valence-electron chi connectivity index (χ3n) is 7.77. The number of nitrogens with zero attached hydrogens (tertiary/aromatic N) is 4. The summed E-state index contributed by atoms with van der Waals surface area (Å²) in [5.41, 5.74) is 4.82. The predicted molar refractivity (Wildman–Crippen MR) is 193 cm³/mol. The molecule has 0 spiro atoms. The molecule has 4 rings (SSSR count). The van der Waals surface area contributed by atoms with E-state index in [9.17, 15) is 0 Å². The lowest BCUT2D eigenvalue weighted by atomic mass is 9.96. The second kappa shape index (κ2) is 11.1. The molecule has 0 bridgehead atoms. The summed E-state index contributed by atoms with van der Waals surface area (Å²) in [6.07, 6.45) is 0. The third-order valence-corrected chi connectivity index (χ3v) is 27.6. The van der Waals surface area contributed by atoms with Crippen molar-refractivity contribution in [1.82, 2.24) is 0 Å². The highest BCUT2D eigenvalue weighted by molar-refractivity contribution is 7.65. The van der Waals surface area contributed by atoms with Crippen LogP contribution in [0.1, 0.15) is 83.1 Å². The van der Waals surface area contributed by atoms with E-state index in [2.05, 4.69) is 150 Å². The summed E-state index contributed by atoms with van der Waals surface area (Å²) in [5, 5.41) is 0.